The van der Waals surface area contributed by atoms with E-state index in [2.05, 4.69) is 10.1 Å². The van der Waals surface area contributed by atoms with E-state index in [4.69, 9.17) is 22.6 Å². The fourth-order valence-corrected chi connectivity index (χ4v) is 2.45. The van der Waals surface area contributed by atoms with Crippen LogP contribution >= 0.6 is 11.6 Å². The summed E-state index contributed by atoms with van der Waals surface area (Å²) in [6.45, 7) is 0.168. The van der Waals surface area contributed by atoms with Crippen molar-refractivity contribution in [2.45, 2.75) is 6.54 Å². The van der Waals surface area contributed by atoms with E-state index < -0.39 is 11.7 Å². The molecule has 0 bridgehead atoms. The first-order valence-electron chi connectivity index (χ1n) is 6.49. The Morgan fingerprint density at radius 1 is 1.43 bits per heavy atom. The number of nitrogens with zero attached hydrogens (tertiary/aromatic N) is 4. The van der Waals surface area contributed by atoms with Crippen LogP contribution in [0, 0.1) is 17.1 Å². The molecule has 2 aromatic heterocycles. The van der Waals surface area contributed by atoms with Crippen LogP contribution in [0.2, 0.25) is 5.02 Å². The summed E-state index contributed by atoms with van der Waals surface area (Å²) in [4.78, 5) is 15.2. The number of benzene rings is 1. The smallest absolute Gasteiger partial charge is 0.253 e. The molecule has 0 saturated heterocycles. The lowest BCUT2D eigenvalue weighted by molar-refractivity contribution is 0.1000. The largest absolute Gasteiger partial charge is 0.365 e. The molecular weight excluding hydrogens is 321 g/mol. The van der Waals surface area contributed by atoms with E-state index in [0.717, 1.165) is 0 Å². The summed E-state index contributed by atoms with van der Waals surface area (Å²) in [7, 11) is 0. The Kier molecular flexibility index (Phi) is 3.68. The second-order valence-corrected chi connectivity index (χ2v) is 5.30. The summed E-state index contributed by atoms with van der Waals surface area (Å²) in [5.41, 5.74) is 5.95. The van der Waals surface area contributed by atoms with Gasteiger partial charge in [-0.2, -0.15) is 10.4 Å². The monoisotopic (exact) mass is 329 g/mol. The molecule has 0 radical (unpaired) electrons. The number of carbonyl (C=O) groups is 1. The number of rotatable bonds is 3. The quantitative estimate of drug-likeness (QED) is 0.796. The number of pyridine rings is 1. The first-order chi connectivity index (χ1) is 11.0. The molecule has 8 heteroatoms. The van der Waals surface area contributed by atoms with E-state index in [1.54, 1.807) is 18.2 Å². The topological polar surface area (TPSA) is 97.6 Å². The van der Waals surface area contributed by atoms with E-state index in [-0.39, 0.29) is 23.3 Å². The van der Waals surface area contributed by atoms with Crippen LogP contribution in [-0.4, -0.2) is 20.7 Å². The van der Waals surface area contributed by atoms with Gasteiger partial charge in [0.25, 0.3) is 5.91 Å². The van der Waals surface area contributed by atoms with Crippen molar-refractivity contribution >= 4 is 28.4 Å². The molecule has 0 saturated carbocycles. The zero-order chi connectivity index (χ0) is 16.6. The van der Waals surface area contributed by atoms with E-state index in [1.807, 2.05) is 0 Å². The van der Waals surface area contributed by atoms with Crippen LogP contribution in [-0.2, 0) is 6.54 Å². The van der Waals surface area contributed by atoms with Crippen LogP contribution in [0.4, 0.5) is 4.39 Å². The average molecular weight is 330 g/mol. The van der Waals surface area contributed by atoms with Crippen LogP contribution in [0.25, 0.3) is 10.9 Å². The molecule has 3 aromatic rings. The first-order valence-corrected chi connectivity index (χ1v) is 6.87. The van der Waals surface area contributed by atoms with Gasteiger partial charge in [-0.3, -0.25) is 14.5 Å². The van der Waals surface area contributed by atoms with Gasteiger partial charge in [-0.15, -0.1) is 0 Å². The molecule has 0 fully saturated rings. The highest BCUT2D eigenvalue weighted by Crippen LogP contribution is 2.22. The van der Waals surface area contributed by atoms with Crippen molar-refractivity contribution in [1.82, 2.24) is 14.8 Å². The van der Waals surface area contributed by atoms with Gasteiger partial charge < -0.3 is 5.73 Å². The molecular formula is C15H9ClFN5O. The van der Waals surface area contributed by atoms with Gasteiger partial charge >= 0.3 is 0 Å². The number of halogens is 2. The average Bonchev–Trinajstić information content (AvgIpc) is 2.90. The number of hydrogen-bond acceptors (Lipinski definition) is 4. The van der Waals surface area contributed by atoms with Crippen molar-refractivity contribution in [3.8, 4) is 6.07 Å². The van der Waals surface area contributed by atoms with Crippen molar-refractivity contribution < 1.29 is 9.18 Å². The van der Waals surface area contributed by atoms with Gasteiger partial charge in [0, 0.05) is 17.8 Å². The molecule has 0 unspecified atom stereocenters. The van der Waals surface area contributed by atoms with Crippen LogP contribution in [0.1, 0.15) is 21.6 Å². The number of amides is 1. The molecule has 0 aliphatic heterocycles. The van der Waals surface area contributed by atoms with Gasteiger partial charge in [-0.1, -0.05) is 11.6 Å². The van der Waals surface area contributed by atoms with Gasteiger partial charge in [0.15, 0.2) is 5.69 Å². The SMILES string of the molecule is N#Cc1nn(Cc2cc(F)c3ncc(Cl)cc3c2)cc1C(N)=O. The summed E-state index contributed by atoms with van der Waals surface area (Å²) in [5, 5.41) is 13.9. The molecule has 0 aliphatic carbocycles. The van der Waals surface area contributed by atoms with Crippen molar-refractivity contribution in [3.63, 3.8) is 0 Å². The summed E-state index contributed by atoms with van der Waals surface area (Å²) in [6.07, 6.45) is 2.73. The first kappa shape index (κ1) is 14.9. The molecule has 0 aliphatic rings. The highest BCUT2D eigenvalue weighted by Gasteiger charge is 2.14. The lowest BCUT2D eigenvalue weighted by atomic mass is 10.1. The van der Waals surface area contributed by atoms with E-state index in [1.165, 1.54) is 23.1 Å². The fourth-order valence-electron chi connectivity index (χ4n) is 2.28. The van der Waals surface area contributed by atoms with Gasteiger partial charge in [0.05, 0.1) is 17.1 Å². The number of hydrogen-bond donors (Lipinski definition) is 1. The summed E-state index contributed by atoms with van der Waals surface area (Å²) in [5.74, 6) is -1.23. The number of nitriles is 1. The van der Waals surface area contributed by atoms with Crippen LogP contribution < -0.4 is 5.73 Å². The molecule has 2 heterocycles. The number of carbonyl (C=O) groups excluding carboxylic acids is 1. The van der Waals surface area contributed by atoms with Crippen molar-refractivity contribution in [2.75, 3.05) is 0 Å². The third-order valence-corrected chi connectivity index (χ3v) is 3.45. The minimum atomic E-state index is -0.742. The van der Waals surface area contributed by atoms with Gasteiger partial charge in [-0.05, 0) is 23.8 Å². The third-order valence-electron chi connectivity index (χ3n) is 3.24. The molecule has 3 rings (SSSR count). The second kappa shape index (κ2) is 5.66. The van der Waals surface area contributed by atoms with Gasteiger partial charge in [-0.25, -0.2) is 4.39 Å². The molecule has 0 atom stereocenters. The normalized spacial score (nSPS) is 10.7. The predicted octanol–water partition coefficient (Wildman–Crippen LogP) is 2.24. The Bertz CT molecular complexity index is 976. The number of nitrogens with two attached hydrogens (primary N) is 1. The summed E-state index contributed by atoms with van der Waals surface area (Å²) < 4.78 is 15.5. The Balaban J connectivity index is 2.02. The Labute approximate surface area is 134 Å². The highest BCUT2D eigenvalue weighted by atomic mass is 35.5. The van der Waals surface area contributed by atoms with Crippen LogP contribution in [0.5, 0.6) is 0 Å². The van der Waals surface area contributed by atoms with Crippen LogP contribution in [0.15, 0.2) is 30.6 Å². The zero-order valence-electron chi connectivity index (χ0n) is 11.6. The Morgan fingerprint density at radius 2 is 2.22 bits per heavy atom. The van der Waals surface area contributed by atoms with Gasteiger partial charge in [0.1, 0.15) is 17.4 Å². The standard InChI is InChI=1S/C15H9ClFN5O/c16-10-3-9-1-8(2-12(17)14(9)20-5-10)6-22-7-11(15(19)23)13(4-18)21-22/h1-3,5,7H,6H2,(H2,19,23). The minimum Gasteiger partial charge on any atom is -0.365 e. The maximum atomic E-state index is 14.1. The lowest BCUT2D eigenvalue weighted by Crippen LogP contribution is -2.11. The fraction of sp³-hybridized carbons (Fsp3) is 0.0667. The molecule has 6 nitrogen and oxygen atoms in total. The second-order valence-electron chi connectivity index (χ2n) is 4.87. The molecule has 2 N–H and O–H groups in total. The van der Waals surface area contributed by atoms with Crippen molar-refractivity contribution in [3.05, 3.63) is 58.3 Å². The Hall–Kier alpha value is -2.98. The highest BCUT2D eigenvalue weighted by molar-refractivity contribution is 6.31. The van der Waals surface area contributed by atoms with Gasteiger partial charge in [0.2, 0.25) is 0 Å². The molecule has 114 valence electrons. The van der Waals surface area contributed by atoms with Crippen molar-refractivity contribution in [1.29, 1.82) is 5.26 Å². The molecule has 23 heavy (non-hydrogen) atoms. The lowest BCUT2D eigenvalue weighted by Gasteiger charge is -2.05. The predicted molar refractivity (Wildman–Crippen MR) is 81.3 cm³/mol. The molecule has 0 spiro atoms. The summed E-state index contributed by atoms with van der Waals surface area (Å²) >= 11 is 5.87. The molecule has 1 amide bonds. The maximum Gasteiger partial charge on any atom is 0.253 e. The number of fused-ring (bicyclic) bond motifs is 1. The van der Waals surface area contributed by atoms with E-state index in [9.17, 15) is 9.18 Å². The van der Waals surface area contributed by atoms with E-state index in [0.29, 0.717) is 16.0 Å². The molecule has 1 aromatic carbocycles. The van der Waals surface area contributed by atoms with Crippen LogP contribution in [0.3, 0.4) is 0 Å². The summed E-state index contributed by atoms with van der Waals surface area (Å²) in [6, 6.07) is 6.44. The Morgan fingerprint density at radius 3 is 2.87 bits per heavy atom. The van der Waals surface area contributed by atoms with Crippen molar-refractivity contribution in [2.24, 2.45) is 5.73 Å². The zero-order valence-corrected chi connectivity index (χ0v) is 12.4. The number of aromatic nitrogens is 3. The van der Waals surface area contributed by atoms with E-state index >= 15 is 0 Å². The minimum absolute atomic E-state index is 0.0264. The third kappa shape index (κ3) is 2.84. The number of primary amides is 1. The maximum absolute atomic E-state index is 14.1.